The number of sulfonamides is 1. The summed E-state index contributed by atoms with van der Waals surface area (Å²) in [5.41, 5.74) is 2.04. The fraction of sp³-hybridized carbons (Fsp3) is 0.350. The quantitative estimate of drug-likeness (QED) is 0.634. The molecule has 4 nitrogen and oxygen atoms in total. The van der Waals surface area contributed by atoms with Gasteiger partial charge in [-0.2, -0.15) is 0 Å². The highest BCUT2D eigenvalue weighted by Crippen LogP contribution is 2.35. The first-order valence-corrected chi connectivity index (χ1v) is 12.3. The minimum Gasteiger partial charge on any atom is -0.224 e. The Hall–Kier alpha value is -1.41. The highest BCUT2D eigenvalue weighted by Gasteiger charge is 2.28. The molecule has 7 heteroatoms. The van der Waals surface area contributed by atoms with Crippen molar-refractivity contribution in [2.75, 3.05) is 0 Å². The largest absolute Gasteiger partial charge is 0.268 e. The average molecular weight is 419 g/mol. The number of rotatable bonds is 5. The average Bonchev–Trinajstić information content (AvgIpc) is 3.10. The second kappa shape index (κ2) is 7.91. The van der Waals surface area contributed by atoms with E-state index in [4.69, 9.17) is 0 Å². The first-order valence-electron chi connectivity index (χ1n) is 9.11. The van der Waals surface area contributed by atoms with Crippen molar-refractivity contribution in [3.05, 3.63) is 54.1 Å². The number of fused-ring (bicyclic) bond motifs is 1. The first kappa shape index (κ1) is 18.9. The summed E-state index contributed by atoms with van der Waals surface area (Å²) >= 11 is 3.15. The van der Waals surface area contributed by atoms with Gasteiger partial charge in [-0.3, -0.25) is 0 Å². The van der Waals surface area contributed by atoms with E-state index in [1.54, 1.807) is 0 Å². The number of nitrogens with zero attached hydrogens (tertiary/aromatic N) is 1. The van der Waals surface area contributed by atoms with Crippen LogP contribution in [0.5, 0.6) is 0 Å². The molecular weight excluding hydrogens is 396 g/mol. The molecule has 3 aromatic rings. The maximum absolute atomic E-state index is 12.7. The van der Waals surface area contributed by atoms with Crippen LogP contribution in [-0.4, -0.2) is 24.7 Å². The summed E-state index contributed by atoms with van der Waals surface area (Å²) in [5.74, 6) is 0. The lowest BCUT2D eigenvalue weighted by atomic mass is 9.96. The molecule has 0 spiro atoms. The molecule has 27 heavy (non-hydrogen) atoms. The summed E-state index contributed by atoms with van der Waals surface area (Å²) in [5, 5.41) is 0.550. The molecule has 0 amide bonds. The molecule has 142 valence electrons. The molecule has 0 unspecified atom stereocenters. The summed E-state index contributed by atoms with van der Waals surface area (Å²) in [4.78, 5) is 5.62. The van der Waals surface area contributed by atoms with Gasteiger partial charge in [0.1, 0.15) is 0 Å². The van der Waals surface area contributed by atoms with Crippen LogP contribution in [0.3, 0.4) is 0 Å². The Bertz CT molecular complexity index is 1010. The maximum Gasteiger partial charge on any atom is 0.268 e. The molecule has 1 aliphatic rings. The topological polar surface area (TPSA) is 59.1 Å². The fourth-order valence-corrected chi connectivity index (χ4v) is 7.22. The molecule has 4 rings (SSSR count). The van der Waals surface area contributed by atoms with Crippen LogP contribution >= 0.6 is 23.1 Å². The third kappa shape index (κ3) is 4.37. The van der Waals surface area contributed by atoms with Gasteiger partial charge in [0.25, 0.3) is 10.0 Å². The number of nitrogens with one attached hydrogen (secondary N) is 1. The van der Waals surface area contributed by atoms with Gasteiger partial charge in [-0.05, 0) is 56.4 Å². The SMILES string of the molecule is Cc1ccccc1SC1CCC(NS(=O)(=O)c2nc3ccccc3s2)CC1. The second-order valence-electron chi connectivity index (χ2n) is 6.93. The zero-order valence-corrected chi connectivity index (χ0v) is 17.5. The number of hydrogen-bond donors (Lipinski definition) is 1. The van der Waals surface area contributed by atoms with Crippen molar-refractivity contribution >= 4 is 43.3 Å². The van der Waals surface area contributed by atoms with E-state index in [0.717, 1.165) is 35.9 Å². The number of hydrogen-bond acceptors (Lipinski definition) is 5. The van der Waals surface area contributed by atoms with Crippen LogP contribution in [0.15, 0.2) is 57.8 Å². The summed E-state index contributed by atoms with van der Waals surface area (Å²) in [6.07, 6.45) is 3.78. The van der Waals surface area contributed by atoms with Gasteiger partial charge in [0.2, 0.25) is 4.34 Å². The van der Waals surface area contributed by atoms with E-state index >= 15 is 0 Å². The number of aromatic nitrogens is 1. The molecule has 0 bridgehead atoms. The minimum absolute atomic E-state index is 0.00395. The number of benzene rings is 2. The van der Waals surface area contributed by atoms with Crippen LogP contribution in [0.1, 0.15) is 31.2 Å². The van der Waals surface area contributed by atoms with E-state index < -0.39 is 10.0 Å². The van der Waals surface area contributed by atoms with Crippen molar-refractivity contribution < 1.29 is 8.42 Å². The lowest BCUT2D eigenvalue weighted by Crippen LogP contribution is -2.38. The van der Waals surface area contributed by atoms with Gasteiger partial charge in [-0.25, -0.2) is 18.1 Å². The van der Waals surface area contributed by atoms with Crippen molar-refractivity contribution in [3.63, 3.8) is 0 Å². The molecule has 1 fully saturated rings. The van der Waals surface area contributed by atoms with Crippen LogP contribution < -0.4 is 4.72 Å². The fourth-order valence-electron chi connectivity index (χ4n) is 3.40. The van der Waals surface area contributed by atoms with Crippen molar-refractivity contribution in [1.82, 2.24) is 9.71 Å². The van der Waals surface area contributed by atoms with Gasteiger partial charge in [-0.15, -0.1) is 23.1 Å². The Labute approximate surface area is 168 Å². The Balaban J connectivity index is 1.37. The molecule has 0 radical (unpaired) electrons. The normalized spacial score (nSPS) is 20.8. The minimum atomic E-state index is -3.55. The lowest BCUT2D eigenvalue weighted by Gasteiger charge is -2.28. The Morgan fingerprint density at radius 1 is 1.04 bits per heavy atom. The predicted molar refractivity (Wildman–Crippen MR) is 113 cm³/mol. The first-order chi connectivity index (χ1) is 13.0. The van der Waals surface area contributed by atoms with Crippen LogP contribution in [0, 0.1) is 6.92 Å². The molecule has 1 aliphatic carbocycles. The summed E-state index contributed by atoms with van der Waals surface area (Å²) < 4.78 is 29.4. The number of thioether (sulfide) groups is 1. The Morgan fingerprint density at radius 3 is 2.48 bits per heavy atom. The van der Waals surface area contributed by atoms with E-state index in [0.29, 0.717) is 5.25 Å². The smallest absolute Gasteiger partial charge is 0.224 e. The van der Waals surface area contributed by atoms with Crippen LogP contribution in [0.4, 0.5) is 0 Å². The highest BCUT2D eigenvalue weighted by molar-refractivity contribution is 8.00. The van der Waals surface area contributed by atoms with Gasteiger partial charge >= 0.3 is 0 Å². The van der Waals surface area contributed by atoms with E-state index in [2.05, 4.69) is 40.9 Å². The molecule has 0 aliphatic heterocycles. The van der Waals surface area contributed by atoms with Gasteiger partial charge in [0.05, 0.1) is 10.2 Å². The Morgan fingerprint density at radius 2 is 1.74 bits per heavy atom. The van der Waals surface area contributed by atoms with E-state index in [1.165, 1.54) is 21.8 Å². The van der Waals surface area contributed by atoms with Gasteiger partial charge in [0, 0.05) is 16.2 Å². The van der Waals surface area contributed by atoms with E-state index in [1.807, 2.05) is 36.0 Å². The zero-order chi connectivity index (χ0) is 18.9. The summed E-state index contributed by atoms with van der Waals surface area (Å²) in [6, 6.07) is 16.0. The van der Waals surface area contributed by atoms with Crippen molar-refractivity contribution in [2.45, 2.75) is 53.1 Å². The molecule has 2 aromatic carbocycles. The third-order valence-corrected chi connectivity index (χ3v) is 9.34. The standard InChI is InChI=1S/C20H22N2O2S3/c1-14-6-2-4-8-18(14)25-16-12-10-15(11-13-16)22-27(23,24)20-21-17-7-3-5-9-19(17)26-20/h2-9,15-16,22H,10-13H2,1H3. The van der Waals surface area contributed by atoms with Crippen LogP contribution in [-0.2, 0) is 10.0 Å². The van der Waals surface area contributed by atoms with Gasteiger partial charge in [0.15, 0.2) is 0 Å². The lowest BCUT2D eigenvalue weighted by molar-refractivity contribution is 0.419. The number of thiazole rings is 1. The molecule has 1 aromatic heterocycles. The van der Waals surface area contributed by atoms with Crippen molar-refractivity contribution in [1.29, 1.82) is 0 Å². The third-order valence-electron chi connectivity index (χ3n) is 4.89. The molecule has 0 saturated heterocycles. The number of aryl methyl sites for hydroxylation is 1. The number of para-hydroxylation sites is 1. The molecule has 1 saturated carbocycles. The molecule has 1 heterocycles. The van der Waals surface area contributed by atoms with Gasteiger partial charge < -0.3 is 0 Å². The predicted octanol–water partition coefficient (Wildman–Crippen LogP) is 4.99. The second-order valence-corrected chi connectivity index (χ2v) is 11.2. The highest BCUT2D eigenvalue weighted by atomic mass is 32.2. The van der Waals surface area contributed by atoms with Crippen molar-refractivity contribution in [3.8, 4) is 0 Å². The van der Waals surface area contributed by atoms with Crippen molar-refractivity contribution in [2.24, 2.45) is 0 Å². The molecular formula is C20H22N2O2S3. The maximum atomic E-state index is 12.7. The van der Waals surface area contributed by atoms with Crippen LogP contribution in [0.2, 0.25) is 0 Å². The summed E-state index contributed by atoms with van der Waals surface area (Å²) in [6.45, 7) is 2.14. The van der Waals surface area contributed by atoms with Gasteiger partial charge in [-0.1, -0.05) is 30.3 Å². The Kier molecular flexibility index (Phi) is 5.55. The monoisotopic (exact) mass is 418 g/mol. The summed E-state index contributed by atoms with van der Waals surface area (Å²) in [7, 11) is -3.55. The van der Waals surface area contributed by atoms with E-state index in [-0.39, 0.29) is 10.4 Å². The molecule has 0 atom stereocenters. The van der Waals surface area contributed by atoms with E-state index in [9.17, 15) is 8.42 Å². The molecule has 1 N–H and O–H groups in total. The van der Waals surface area contributed by atoms with Crippen LogP contribution in [0.25, 0.3) is 10.2 Å². The zero-order valence-electron chi connectivity index (χ0n) is 15.1.